The summed E-state index contributed by atoms with van der Waals surface area (Å²) in [5.41, 5.74) is 4.85. The lowest BCUT2D eigenvalue weighted by Crippen LogP contribution is -2.56. The van der Waals surface area contributed by atoms with Crippen molar-refractivity contribution in [1.29, 1.82) is 0 Å². The van der Waals surface area contributed by atoms with Gasteiger partial charge in [-0.05, 0) is 106 Å². The molecule has 0 spiro atoms. The number of aliphatic carboxylic acids is 1. The molecule has 202 valence electrons. The first kappa shape index (κ1) is 27.5. The molecular weight excluding hydrogens is 448 g/mol. The number of rotatable bonds is 6. The van der Waals surface area contributed by atoms with Crippen molar-refractivity contribution in [1.82, 2.24) is 0 Å². The van der Waals surface area contributed by atoms with Crippen molar-refractivity contribution in [2.24, 2.45) is 39.4 Å². The molecule has 0 amide bonds. The van der Waals surface area contributed by atoms with Crippen LogP contribution in [0.15, 0.2) is 22.8 Å². The van der Waals surface area contributed by atoms with Crippen LogP contribution in [-0.2, 0) is 14.3 Å². The number of hydrogen-bond donors (Lipinski definition) is 1. The first-order valence-electron chi connectivity index (χ1n) is 14.4. The monoisotopic (exact) mass is 498 g/mol. The summed E-state index contributed by atoms with van der Waals surface area (Å²) in [4.78, 5) is 24.3. The molecule has 0 aromatic carbocycles. The highest BCUT2D eigenvalue weighted by molar-refractivity contribution is 5.70. The van der Waals surface area contributed by atoms with Crippen molar-refractivity contribution >= 4 is 11.9 Å². The summed E-state index contributed by atoms with van der Waals surface area (Å²) < 4.78 is 5.84. The van der Waals surface area contributed by atoms with E-state index in [1.165, 1.54) is 12.5 Å². The molecule has 2 saturated carbocycles. The van der Waals surface area contributed by atoms with Gasteiger partial charge in [-0.1, -0.05) is 57.4 Å². The Balaban J connectivity index is 1.67. The van der Waals surface area contributed by atoms with Crippen LogP contribution in [-0.4, -0.2) is 23.1 Å². The average Bonchev–Trinajstić information content (AvgIpc) is 3.04. The van der Waals surface area contributed by atoms with Gasteiger partial charge in [0.15, 0.2) is 0 Å². The van der Waals surface area contributed by atoms with E-state index in [-0.39, 0.29) is 45.6 Å². The standard InChI is InChI=1S/C32H50O4/c1-20(2)10-9-11-22(28(34)35)23-14-18-32(8)25-12-13-26-29(4,5)27(36-21(3)33)16-17-30(26,6)24(25)15-19-31(23,32)7/h10,22-23,26-27H,9,11-19H2,1-8H3,(H,34,35)/t22-,23-,26-,27-,30-,31+,32+/m1/s1. The van der Waals surface area contributed by atoms with Crippen molar-refractivity contribution in [3.05, 3.63) is 22.8 Å². The molecule has 0 bridgehead atoms. The quantitative estimate of drug-likeness (QED) is 0.297. The van der Waals surface area contributed by atoms with Crippen LogP contribution in [0.5, 0.6) is 0 Å². The summed E-state index contributed by atoms with van der Waals surface area (Å²) in [5, 5.41) is 10.3. The van der Waals surface area contributed by atoms with E-state index >= 15 is 0 Å². The van der Waals surface area contributed by atoms with Crippen LogP contribution in [0, 0.1) is 39.4 Å². The van der Waals surface area contributed by atoms with Crippen molar-refractivity contribution in [2.45, 2.75) is 126 Å². The minimum atomic E-state index is -0.603. The van der Waals surface area contributed by atoms with Gasteiger partial charge in [0, 0.05) is 12.3 Å². The maximum absolute atomic E-state index is 12.5. The summed E-state index contributed by atoms with van der Waals surface area (Å²) in [7, 11) is 0. The Morgan fingerprint density at radius 3 is 2.28 bits per heavy atom. The van der Waals surface area contributed by atoms with Gasteiger partial charge in [0.1, 0.15) is 6.10 Å². The third-order valence-electron chi connectivity index (χ3n) is 11.9. The summed E-state index contributed by atoms with van der Waals surface area (Å²) >= 11 is 0. The van der Waals surface area contributed by atoms with Gasteiger partial charge in [-0.15, -0.1) is 0 Å². The zero-order valence-corrected chi connectivity index (χ0v) is 24.1. The molecule has 0 heterocycles. The second-order valence-corrected chi connectivity index (χ2v) is 14.1. The number of allylic oxidation sites excluding steroid dienone is 4. The van der Waals surface area contributed by atoms with Crippen LogP contribution in [0.4, 0.5) is 0 Å². The zero-order chi connectivity index (χ0) is 26.7. The molecule has 7 atom stereocenters. The zero-order valence-electron chi connectivity index (χ0n) is 24.1. The number of fused-ring (bicyclic) bond motifs is 4. The lowest BCUT2D eigenvalue weighted by atomic mass is 9.43. The van der Waals surface area contributed by atoms with E-state index in [0.29, 0.717) is 5.92 Å². The molecule has 4 aliphatic carbocycles. The fourth-order valence-electron chi connectivity index (χ4n) is 9.81. The van der Waals surface area contributed by atoms with Gasteiger partial charge in [0.25, 0.3) is 0 Å². The fraction of sp³-hybridized carbons (Fsp3) is 0.812. The van der Waals surface area contributed by atoms with Crippen LogP contribution in [0.25, 0.3) is 0 Å². The van der Waals surface area contributed by atoms with Crippen LogP contribution < -0.4 is 0 Å². The fourth-order valence-corrected chi connectivity index (χ4v) is 9.81. The molecule has 0 aromatic heterocycles. The molecule has 0 aliphatic heterocycles. The van der Waals surface area contributed by atoms with Gasteiger partial charge >= 0.3 is 11.9 Å². The van der Waals surface area contributed by atoms with Crippen molar-refractivity contribution in [2.75, 3.05) is 0 Å². The van der Waals surface area contributed by atoms with Gasteiger partial charge in [0.05, 0.1) is 5.92 Å². The predicted octanol–water partition coefficient (Wildman–Crippen LogP) is 8.11. The lowest BCUT2D eigenvalue weighted by Gasteiger charge is -2.62. The summed E-state index contributed by atoms with van der Waals surface area (Å²) in [5.74, 6) is -0.291. The Bertz CT molecular complexity index is 969. The minimum Gasteiger partial charge on any atom is -0.481 e. The molecule has 0 radical (unpaired) electrons. The second kappa shape index (κ2) is 9.31. The van der Waals surface area contributed by atoms with Crippen LogP contribution in [0.1, 0.15) is 120 Å². The van der Waals surface area contributed by atoms with Gasteiger partial charge in [-0.3, -0.25) is 9.59 Å². The number of ether oxygens (including phenoxy) is 1. The van der Waals surface area contributed by atoms with Crippen molar-refractivity contribution < 1.29 is 19.4 Å². The highest BCUT2D eigenvalue weighted by Crippen LogP contribution is 2.72. The normalized spacial score (nSPS) is 39.9. The number of esters is 1. The van der Waals surface area contributed by atoms with E-state index in [1.807, 2.05) is 0 Å². The number of carboxylic acid groups (broad SMARTS) is 1. The maximum Gasteiger partial charge on any atom is 0.306 e. The van der Waals surface area contributed by atoms with Crippen LogP contribution in [0.2, 0.25) is 0 Å². The number of carbonyl (C=O) groups excluding carboxylic acids is 1. The van der Waals surface area contributed by atoms with E-state index in [0.717, 1.165) is 64.2 Å². The van der Waals surface area contributed by atoms with Crippen molar-refractivity contribution in [3.63, 3.8) is 0 Å². The van der Waals surface area contributed by atoms with Gasteiger partial charge in [0.2, 0.25) is 0 Å². The van der Waals surface area contributed by atoms with E-state index in [2.05, 4.69) is 54.5 Å². The number of hydrogen-bond acceptors (Lipinski definition) is 3. The highest BCUT2D eigenvalue weighted by Gasteiger charge is 2.64. The molecule has 0 saturated heterocycles. The smallest absolute Gasteiger partial charge is 0.306 e. The van der Waals surface area contributed by atoms with E-state index in [9.17, 15) is 14.7 Å². The predicted molar refractivity (Wildman–Crippen MR) is 144 cm³/mol. The molecular formula is C32H50O4. The van der Waals surface area contributed by atoms with Gasteiger partial charge < -0.3 is 9.84 Å². The molecule has 1 N–H and O–H groups in total. The Morgan fingerprint density at radius 2 is 1.67 bits per heavy atom. The van der Waals surface area contributed by atoms with Gasteiger partial charge in [-0.25, -0.2) is 0 Å². The first-order valence-corrected chi connectivity index (χ1v) is 14.4. The molecule has 36 heavy (non-hydrogen) atoms. The number of carboxylic acids is 1. The maximum atomic E-state index is 12.5. The molecule has 4 aliphatic rings. The van der Waals surface area contributed by atoms with Crippen LogP contribution >= 0.6 is 0 Å². The molecule has 0 unspecified atom stereocenters. The Kier molecular flexibility index (Phi) is 7.10. The third-order valence-corrected chi connectivity index (χ3v) is 11.9. The molecule has 4 nitrogen and oxygen atoms in total. The Labute approximate surface area is 219 Å². The Morgan fingerprint density at radius 1 is 0.972 bits per heavy atom. The second-order valence-electron chi connectivity index (χ2n) is 14.1. The van der Waals surface area contributed by atoms with Gasteiger partial charge in [-0.2, -0.15) is 0 Å². The minimum absolute atomic E-state index is 0.00680. The third kappa shape index (κ3) is 4.09. The lowest BCUT2D eigenvalue weighted by molar-refractivity contribution is -0.167. The summed E-state index contributed by atoms with van der Waals surface area (Å²) in [6, 6.07) is 0. The average molecular weight is 499 g/mol. The largest absolute Gasteiger partial charge is 0.481 e. The number of carbonyl (C=O) groups is 2. The van der Waals surface area contributed by atoms with E-state index in [4.69, 9.17) is 4.74 Å². The van der Waals surface area contributed by atoms with E-state index in [1.54, 1.807) is 11.1 Å². The first-order chi connectivity index (χ1) is 16.7. The van der Waals surface area contributed by atoms with Crippen molar-refractivity contribution in [3.8, 4) is 0 Å². The topological polar surface area (TPSA) is 63.6 Å². The molecule has 0 aromatic rings. The highest BCUT2D eigenvalue weighted by atomic mass is 16.5. The molecule has 2 fully saturated rings. The molecule has 4 heteroatoms. The van der Waals surface area contributed by atoms with E-state index < -0.39 is 5.97 Å². The summed E-state index contributed by atoms with van der Waals surface area (Å²) in [6.45, 7) is 17.8. The summed E-state index contributed by atoms with van der Waals surface area (Å²) in [6.07, 6.45) is 12.4. The molecule has 4 rings (SSSR count). The van der Waals surface area contributed by atoms with Crippen LogP contribution in [0.3, 0.4) is 0 Å². The SMILES string of the molecule is CC(=O)O[C@@H]1CC[C@]2(C)C3=C(CC[C@@H]2C1(C)C)[C@]1(C)CC[C@H]([C@@H](CCC=C(C)C)C(=O)O)[C@]1(C)CC3. The Hall–Kier alpha value is -1.58.